The van der Waals surface area contributed by atoms with Gasteiger partial charge in [-0.15, -0.1) is 0 Å². The first kappa shape index (κ1) is 11.2. The van der Waals surface area contributed by atoms with Crippen molar-refractivity contribution in [3.8, 4) is 0 Å². The molecule has 0 amide bonds. The fraction of sp³-hybridized carbons (Fsp3) is 0. The van der Waals surface area contributed by atoms with Gasteiger partial charge in [0.2, 0.25) is 0 Å². The van der Waals surface area contributed by atoms with Crippen molar-refractivity contribution in [2.24, 2.45) is 0 Å². The highest BCUT2D eigenvalue weighted by molar-refractivity contribution is 7.79. The highest BCUT2D eigenvalue weighted by atomic mass is 31.1. The van der Waals surface area contributed by atoms with Crippen LogP contribution in [-0.4, -0.2) is 4.98 Å². The molecule has 0 fully saturated rings. The monoisotopic (exact) mass is 253 g/mol. The predicted octanol–water partition coefficient (Wildman–Crippen LogP) is 2.43. The SMILES string of the molecule is c1ccc(P(c2ccccn2)c2ccco2)cc1. The summed E-state index contributed by atoms with van der Waals surface area (Å²) in [5, 5.41) is 1.25. The molecule has 0 radical (unpaired) electrons. The topological polar surface area (TPSA) is 26.0 Å². The van der Waals surface area contributed by atoms with Gasteiger partial charge in [0, 0.05) is 14.1 Å². The van der Waals surface area contributed by atoms with Crippen molar-refractivity contribution in [2.75, 3.05) is 0 Å². The average Bonchev–Trinajstić information content (AvgIpc) is 2.95. The average molecular weight is 253 g/mol. The molecule has 0 aliphatic heterocycles. The van der Waals surface area contributed by atoms with E-state index in [-0.39, 0.29) is 0 Å². The van der Waals surface area contributed by atoms with E-state index in [0.29, 0.717) is 0 Å². The van der Waals surface area contributed by atoms with Crippen LogP contribution in [0, 0.1) is 0 Å². The second-order valence-corrected chi connectivity index (χ2v) is 5.90. The van der Waals surface area contributed by atoms with Gasteiger partial charge in [-0.25, -0.2) is 0 Å². The molecule has 2 aromatic heterocycles. The van der Waals surface area contributed by atoms with Crippen LogP contribution in [-0.2, 0) is 0 Å². The Labute approximate surface area is 107 Å². The number of aromatic nitrogens is 1. The Bertz CT molecular complexity index is 553. The quantitative estimate of drug-likeness (QED) is 0.670. The van der Waals surface area contributed by atoms with Crippen LogP contribution < -0.4 is 16.2 Å². The summed E-state index contributed by atoms with van der Waals surface area (Å²) >= 11 is 0. The Morgan fingerprint density at radius 1 is 0.833 bits per heavy atom. The van der Waals surface area contributed by atoms with Gasteiger partial charge in [0.1, 0.15) is 5.50 Å². The summed E-state index contributed by atoms with van der Waals surface area (Å²) in [6.07, 6.45) is 3.55. The lowest BCUT2D eigenvalue weighted by Gasteiger charge is -2.14. The van der Waals surface area contributed by atoms with Crippen LogP contribution in [0.3, 0.4) is 0 Å². The van der Waals surface area contributed by atoms with Crippen molar-refractivity contribution in [3.63, 3.8) is 0 Å². The molecule has 0 aliphatic carbocycles. The van der Waals surface area contributed by atoms with Gasteiger partial charge in [-0.05, 0) is 29.6 Å². The minimum absolute atomic E-state index is 0.687. The number of nitrogens with zero attached hydrogens (tertiary/aromatic N) is 1. The van der Waals surface area contributed by atoms with Gasteiger partial charge in [-0.1, -0.05) is 36.4 Å². The third-order valence-corrected chi connectivity index (χ3v) is 4.85. The Morgan fingerprint density at radius 3 is 2.33 bits per heavy atom. The number of benzene rings is 1. The number of hydrogen-bond donors (Lipinski definition) is 0. The highest BCUT2D eigenvalue weighted by Gasteiger charge is 2.19. The van der Waals surface area contributed by atoms with E-state index in [1.54, 1.807) is 6.26 Å². The fourth-order valence-electron chi connectivity index (χ4n) is 1.83. The Morgan fingerprint density at radius 2 is 1.67 bits per heavy atom. The largest absolute Gasteiger partial charge is 0.464 e. The Hall–Kier alpha value is -1.92. The van der Waals surface area contributed by atoms with Crippen LogP contribution in [0.1, 0.15) is 0 Å². The molecule has 18 heavy (non-hydrogen) atoms. The second-order valence-electron chi connectivity index (χ2n) is 3.81. The summed E-state index contributed by atoms with van der Waals surface area (Å²) in [4.78, 5) is 4.48. The summed E-state index contributed by atoms with van der Waals surface area (Å²) in [7, 11) is -0.687. The lowest BCUT2D eigenvalue weighted by atomic mass is 10.4. The van der Waals surface area contributed by atoms with E-state index in [1.807, 2.05) is 36.5 Å². The van der Waals surface area contributed by atoms with Gasteiger partial charge in [-0.3, -0.25) is 4.98 Å². The van der Waals surface area contributed by atoms with Crippen LogP contribution >= 0.6 is 7.92 Å². The molecule has 1 aromatic carbocycles. The first-order valence-electron chi connectivity index (χ1n) is 5.75. The molecule has 3 aromatic rings. The van der Waals surface area contributed by atoms with E-state index in [2.05, 4.69) is 35.3 Å². The molecule has 2 heterocycles. The second kappa shape index (κ2) is 5.16. The van der Waals surface area contributed by atoms with Crippen LogP contribution in [0.5, 0.6) is 0 Å². The maximum atomic E-state index is 5.59. The molecule has 0 aliphatic rings. The maximum Gasteiger partial charge on any atom is 0.136 e. The summed E-state index contributed by atoms with van der Waals surface area (Å²) in [6, 6.07) is 20.3. The zero-order valence-corrected chi connectivity index (χ0v) is 10.6. The van der Waals surface area contributed by atoms with Crippen LogP contribution in [0.25, 0.3) is 0 Å². The molecule has 1 unspecified atom stereocenters. The Balaban J connectivity index is 2.11. The summed E-state index contributed by atoms with van der Waals surface area (Å²) in [6.45, 7) is 0. The maximum absolute atomic E-state index is 5.59. The van der Waals surface area contributed by atoms with Gasteiger partial charge in [0.05, 0.1) is 11.7 Å². The van der Waals surface area contributed by atoms with Gasteiger partial charge < -0.3 is 4.42 Å². The predicted molar refractivity (Wildman–Crippen MR) is 75.2 cm³/mol. The van der Waals surface area contributed by atoms with E-state index in [4.69, 9.17) is 4.42 Å². The molecule has 0 N–H and O–H groups in total. The number of rotatable bonds is 3. The zero-order chi connectivity index (χ0) is 12.2. The summed E-state index contributed by atoms with van der Waals surface area (Å²) in [5.41, 5.74) is 2.04. The molecule has 0 bridgehead atoms. The highest BCUT2D eigenvalue weighted by Crippen LogP contribution is 2.31. The molecule has 3 heteroatoms. The van der Waals surface area contributed by atoms with Crippen LogP contribution in [0.2, 0.25) is 0 Å². The van der Waals surface area contributed by atoms with E-state index < -0.39 is 7.92 Å². The lowest BCUT2D eigenvalue weighted by molar-refractivity contribution is 0.603. The van der Waals surface area contributed by atoms with E-state index in [9.17, 15) is 0 Å². The zero-order valence-electron chi connectivity index (χ0n) is 9.73. The van der Waals surface area contributed by atoms with Crippen molar-refractivity contribution in [3.05, 3.63) is 73.1 Å². The van der Waals surface area contributed by atoms with Gasteiger partial charge in [0.15, 0.2) is 0 Å². The van der Waals surface area contributed by atoms with Crippen molar-refractivity contribution < 1.29 is 4.42 Å². The van der Waals surface area contributed by atoms with Crippen LogP contribution in [0.4, 0.5) is 0 Å². The van der Waals surface area contributed by atoms with Crippen molar-refractivity contribution in [1.82, 2.24) is 4.98 Å². The molecule has 88 valence electrons. The first-order chi connectivity index (χ1) is 8.95. The van der Waals surface area contributed by atoms with Gasteiger partial charge in [-0.2, -0.15) is 0 Å². The third kappa shape index (κ3) is 2.20. The van der Waals surface area contributed by atoms with Gasteiger partial charge in [0.25, 0.3) is 0 Å². The normalized spacial score (nSPS) is 12.2. The minimum atomic E-state index is -0.687. The van der Waals surface area contributed by atoms with Crippen molar-refractivity contribution in [2.45, 2.75) is 0 Å². The number of hydrogen-bond acceptors (Lipinski definition) is 2. The molecule has 0 saturated heterocycles. The van der Waals surface area contributed by atoms with E-state index in [1.165, 1.54) is 5.30 Å². The van der Waals surface area contributed by atoms with Crippen LogP contribution in [0.15, 0.2) is 77.5 Å². The van der Waals surface area contributed by atoms with E-state index in [0.717, 1.165) is 10.9 Å². The van der Waals surface area contributed by atoms with Crippen molar-refractivity contribution in [1.29, 1.82) is 0 Å². The van der Waals surface area contributed by atoms with Crippen molar-refractivity contribution >= 4 is 24.2 Å². The number of pyridine rings is 1. The van der Waals surface area contributed by atoms with E-state index >= 15 is 0 Å². The van der Waals surface area contributed by atoms with Gasteiger partial charge >= 0.3 is 0 Å². The summed E-state index contributed by atoms with van der Waals surface area (Å²) < 4.78 is 5.59. The lowest BCUT2D eigenvalue weighted by Crippen LogP contribution is -2.21. The minimum Gasteiger partial charge on any atom is -0.464 e. The molecule has 3 rings (SSSR count). The third-order valence-electron chi connectivity index (χ3n) is 2.62. The molecule has 1 atom stereocenters. The molecule has 0 spiro atoms. The Kier molecular flexibility index (Phi) is 3.20. The molecular weight excluding hydrogens is 241 g/mol. The summed E-state index contributed by atoms with van der Waals surface area (Å²) in [5.74, 6) is 0. The molecular formula is C15H12NOP. The standard InChI is InChI=1S/C15H12NOP/c1-2-7-13(8-3-1)18(15-10-6-12-17-15)14-9-4-5-11-16-14/h1-12H. The smallest absolute Gasteiger partial charge is 0.136 e. The molecule has 2 nitrogen and oxygen atoms in total. The molecule has 0 saturated carbocycles. The first-order valence-corrected chi connectivity index (χ1v) is 7.09. The number of furan rings is 1. The fourth-order valence-corrected chi connectivity index (χ4v) is 3.87.